The van der Waals surface area contributed by atoms with Crippen LogP contribution in [0.2, 0.25) is 0 Å². The molecule has 0 saturated carbocycles. The molecule has 1 aromatic rings. The first-order chi connectivity index (χ1) is 18.7. The lowest BCUT2D eigenvalue weighted by atomic mass is 9.80. The zero-order chi connectivity index (χ0) is 31.3. The van der Waals surface area contributed by atoms with Gasteiger partial charge in [-0.25, -0.2) is 0 Å². The van der Waals surface area contributed by atoms with E-state index in [0.717, 1.165) is 18.9 Å². The molecule has 0 radical (unpaired) electrons. The Morgan fingerprint density at radius 2 is 1.85 bits per heavy atom. The topological polar surface area (TPSA) is 123 Å². The minimum atomic E-state index is -6.17. The van der Waals surface area contributed by atoms with Crippen molar-refractivity contribution in [2.75, 3.05) is 18.9 Å². The Morgan fingerprint density at radius 1 is 1.24 bits per heavy atom. The second-order valence-electron chi connectivity index (χ2n) is 11.5. The molecule has 2 aliphatic rings. The van der Waals surface area contributed by atoms with Crippen molar-refractivity contribution in [1.29, 1.82) is 5.26 Å². The number of nitrogens with zero attached hydrogens (tertiary/aromatic N) is 3. The second-order valence-corrected chi connectivity index (χ2v) is 12.5. The molecule has 224 valence electrons. The Labute approximate surface area is 241 Å². The maximum absolute atomic E-state index is 14.0. The summed E-state index contributed by atoms with van der Waals surface area (Å²) in [6.45, 7) is 6.00. The Hall–Kier alpha value is -3.28. The molecule has 2 aliphatic heterocycles. The standard InChI is InChI=1S/C26H29BrF5N5O4/c1-13(34-22(41)25(28,29)26(30,31)32)19(38)36(5)18(10-23(2,3)4)20(39)37-12-24(9-15(37)11-33)16-8-14(27)6-7-17(16)35-21(24)40/h6-8,13,15,18H,9-10,12H2,1-5H3,(H,34,41)(H,35,40)/t13-,15-,18-,24-/m0/s1. The highest BCUT2D eigenvalue weighted by Crippen LogP contribution is 2.47. The molecule has 3 rings (SSSR count). The van der Waals surface area contributed by atoms with E-state index in [2.05, 4.69) is 21.2 Å². The molecule has 0 aromatic heterocycles. The van der Waals surface area contributed by atoms with Crippen LogP contribution in [0.3, 0.4) is 0 Å². The summed E-state index contributed by atoms with van der Waals surface area (Å²) in [5.74, 6) is -10.7. The van der Waals surface area contributed by atoms with E-state index < -0.39 is 64.7 Å². The molecule has 4 atom stereocenters. The third kappa shape index (κ3) is 6.02. The van der Waals surface area contributed by atoms with Crippen LogP contribution >= 0.6 is 15.9 Å². The third-order valence-corrected chi connectivity index (χ3v) is 7.73. The van der Waals surface area contributed by atoms with Crippen LogP contribution in [0.1, 0.15) is 46.1 Å². The van der Waals surface area contributed by atoms with Crippen LogP contribution in [0.5, 0.6) is 0 Å². The number of benzene rings is 1. The van der Waals surface area contributed by atoms with Crippen molar-refractivity contribution in [3.63, 3.8) is 0 Å². The van der Waals surface area contributed by atoms with Crippen LogP contribution in [0.4, 0.5) is 27.6 Å². The van der Waals surface area contributed by atoms with E-state index in [4.69, 9.17) is 0 Å². The van der Waals surface area contributed by atoms with Gasteiger partial charge in [0.15, 0.2) is 0 Å². The third-order valence-electron chi connectivity index (χ3n) is 7.24. The van der Waals surface area contributed by atoms with Crippen molar-refractivity contribution < 1.29 is 41.1 Å². The number of carbonyl (C=O) groups is 4. The highest BCUT2D eigenvalue weighted by Gasteiger charge is 2.64. The van der Waals surface area contributed by atoms with Crippen molar-refractivity contribution in [3.8, 4) is 6.07 Å². The number of likely N-dealkylation sites (N-methyl/N-ethyl adjacent to an activating group) is 1. The van der Waals surface area contributed by atoms with Gasteiger partial charge in [0.05, 0.1) is 11.5 Å². The fraction of sp³-hybridized carbons (Fsp3) is 0.577. The van der Waals surface area contributed by atoms with Gasteiger partial charge < -0.3 is 20.4 Å². The number of hydrogen-bond donors (Lipinski definition) is 2. The number of halogens is 6. The number of alkyl halides is 5. The number of amides is 4. The fourth-order valence-electron chi connectivity index (χ4n) is 5.10. The molecule has 1 spiro atoms. The lowest BCUT2D eigenvalue weighted by Gasteiger charge is -2.37. The van der Waals surface area contributed by atoms with Crippen molar-refractivity contribution >= 4 is 45.2 Å². The SMILES string of the molecule is C[C@H](NC(=O)C(F)(F)C(F)(F)F)C(=O)N(C)[C@@H](CC(C)(C)C)C(=O)N1C[C@]2(C[C@H]1C#N)C(=O)Nc1ccc(Br)cc12. The molecule has 1 fully saturated rings. The first kappa shape index (κ1) is 32.2. The number of hydrogen-bond acceptors (Lipinski definition) is 5. The van der Waals surface area contributed by atoms with Crippen molar-refractivity contribution in [2.45, 2.75) is 76.2 Å². The van der Waals surface area contributed by atoms with Gasteiger partial charge in [0, 0.05) is 30.2 Å². The molecular formula is C26H29BrF5N5O4. The molecule has 1 aromatic carbocycles. The summed E-state index contributed by atoms with van der Waals surface area (Å²) >= 11 is 3.37. The number of nitriles is 1. The largest absolute Gasteiger partial charge is 0.463 e. The van der Waals surface area contributed by atoms with Crippen molar-refractivity contribution in [3.05, 3.63) is 28.2 Å². The van der Waals surface area contributed by atoms with Crippen LogP contribution in [-0.2, 0) is 24.6 Å². The molecule has 1 saturated heterocycles. The van der Waals surface area contributed by atoms with Gasteiger partial charge in [-0.15, -0.1) is 0 Å². The van der Waals surface area contributed by atoms with Gasteiger partial charge >= 0.3 is 18.0 Å². The summed E-state index contributed by atoms with van der Waals surface area (Å²) in [5, 5.41) is 14.1. The Bertz CT molecular complexity index is 1310. The van der Waals surface area contributed by atoms with Crippen LogP contribution in [0.25, 0.3) is 0 Å². The summed E-state index contributed by atoms with van der Waals surface area (Å²) in [6, 6.07) is 2.96. The number of anilines is 1. The molecule has 4 amide bonds. The van der Waals surface area contributed by atoms with Crippen molar-refractivity contribution in [1.82, 2.24) is 15.1 Å². The fourth-order valence-corrected chi connectivity index (χ4v) is 5.46. The molecule has 0 aliphatic carbocycles. The monoisotopic (exact) mass is 649 g/mol. The first-order valence-corrected chi connectivity index (χ1v) is 13.3. The lowest BCUT2D eigenvalue weighted by Crippen LogP contribution is -2.58. The number of rotatable bonds is 6. The molecule has 2 heterocycles. The predicted molar refractivity (Wildman–Crippen MR) is 139 cm³/mol. The summed E-state index contributed by atoms with van der Waals surface area (Å²) in [6.07, 6.45) is -6.19. The van der Waals surface area contributed by atoms with Gasteiger partial charge in [0.1, 0.15) is 18.1 Å². The second kappa shape index (κ2) is 10.8. The van der Waals surface area contributed by atoms with Crippen LogP contribution in [0.15, 0.2) is 22.7 Å². The van der Waals surface area contributed by atoms with E-state index in [1.54, 1.807) is 39.0 Å². The molecule has 41 heavy (non-hydrogen) atoms. The number of fused-ring (bicyclic) bond motifs is 2. The van der Waals surface area contributed by atoms with Crippen LogP contribution in [-0.4, -0.2) is 77.2 Å². The van der Waals surface area contributed by atoms with Crippen LogP contribution < -0.4 is 10.6 Å². The zero-order valence-corrected chi connectivity index (χ0v) is 24.4. The maximum atomic E-state index is 14.0. The molecular weight excluding hydrogens is 621 g/mol. The van der Waals surface area contributed by atoms with E-state index in [-0.39, 0.29) is 19.4 Å². The molecule has 0 unspecified atom stereocenters. The zero-order valence-electron chi connectivity index (χ0n) is 22.8. The van der Waals surface area contributed by atoms with Crippen LogP contribution in [0, 0.1) is 16.7 Å². The summed E-state index contributed by atoms with van der Waals surface area (Å²) in [7, 11) is 1.16. The van der Waals surface area contributed by atoms with Crippen molar-refractivity contribution in [2.24, 2.45) is 5.41 Å². The van der Waals surface area contributed by atoms with E-state index in [1.807, 2.05) is 6.07 Å². The molecule has 15 heteroatoms. The number of nitrogens with one attached hydrogen (secondary N) is 2. The number of likely N-dealkylation sites (tertiary alicyclic amines) is 1. The smallest absolute Gasteiger partial charge is 0.339 e. The summed E-state index contributed by atoms with van der Waals surface area (Å²) < 4.78 is 65.4. The normalized spacial score (nSPS) is 22.0. The molecule has 9 nitrogen and oxygen atoms in total. The Kier molecular flexibility index (Phi) is 8.53. The molecule has 2 N–H and O–H groups in total. The van der Waals surface area contributed by atoms with Gasteiger partial charge in [0.25, 0.3) is 0 Å². The Morgan fingerprint density at radius 3 is 2.39 bits per heavy atom. The quantitative estimate of drug-likeness (QED) is 0.455. The maximum Gasteiger partial charge on any atom is 0.463 e. The number of carbonyl (C=O) groups excluding carboxylic acids is 4. The lowest BCUT2D eigenvalue weighted by molar-refractivity contribution is -0.270. The van der Waals surface area contributed by atoms with E-state index >= 15 is 0 Å². The summed E-state index contributed by atoms with van der Waals surface area (Å²) in [5.41, 5.74) is -0.727. The van der Waals surface area contributed by atoms with Gasteiger partial charge in [-0.3, -0.25) is 19.2 Å². The highest BCUT2D eigenvalue weighted by atomic mass is 79.9. The first-order valence-electron chi connectivity index (χ1n) is 12.5. The summed E-state index contributed by atoms with van der Waals surface area (Å²) in [4.78, 5) is 54.0. The average molecular weight is 650 g/mol. The van der Waals surface area contributed by atoms with E-state index in [1.165, 1.54) is 10.2 Å². The highest BCUT2D eigenvalue weighted by molar-refractivity contribution is 9.10. The van der Waals surface area contributed by atoms with Gasteiger partial charge in [-0.2, -0.15) is 27.2 Å². The van der Waals surface area contributed by atoms with Gasteiger partial charge in [-0.1, -0.05) is 36.7 Å². The van der Waals surface area contributed by atoms with Gasteiger partial charge in [0.2, 0.25) is 17.7 Å². The van der Waals surface area contributed by atoms with E-state index in [9.17, 15) is 46.4 Å². The minimum Gasteiger partial charge on any atom is -0.339 e. The Balaban J connectivity index is 1.91. The average Bonchev–Trinajstić information content (AvgIpc) is 3.38. The molecule has 0 bridgehead atoms. The minimum absolute atomic E-state index is 0.00340. The van der Waals surface area contributed by atoms with E-state index in [0.29, 0.717) is 15.7 Å². The predicted octanol–water partition coefficient (Wildman–Crippen LogP) is 3.73. The van der Waals surface area contributed by atoms with Gasteiger partial charge in [-0.05, 0) is 42.5 Å².